The smallest absolute Gasteiger partial charge is 0.200 e. The van der Waals surface area contributed by atoms with E-state index in [1.807, 2.05) is 38.1 Å². The maximum Gasteiger partial charge on any atom is 0.200 e. The van der Waals surface area contributed by atoms with Crippen LogP contribution in [0.4, 0.5) is 0 Å². The van der Waals surface area contributed by atoms with Crippen LogP contribution in [0.3, 0.4) is 0 Å². The highest BCUT2D eigenvalue weighted by atomic mass is 32.2. The number of nitrogens with zero attached hydrogens (tertiary/aromatic N) is 3. The van der Waals surface area contributed by atoms with Crippen molar-refractivity contribution in [2.45, 2.75) is 51.3 Å². The van der Waals surface area contributed by atoms with Crippen molar-refractivity contribution in [1.82, 2.24) is 14.8 Å². The van der Waals surface area contributed by atoms with Gasteiger partial charge in [-0.25, -0.2) is 0 Å². The summed E-state index contributed by atoms with van der Waals surface area (Å²) >= 11 is 1.68. The predicted octanol–water partition coefficient (Wildman–Crippen LogP) is 5.27. The maximum absolute atomic E-state index is 5.78. The van der Waals surface area contributed by atoms with Gasteiger partial charge >= 0.3 is 0 Å². The van der Waals surface area contributed by atoms with E-state index >= 15 is 0 Å². The molecule has 5 nitrogen and oxygen atoms in total. The molecular formula is C20H25N3O2S. The Morgan fingerprint density at radius 3 is 2.65 bits per heavy atom. The van der Waals surface area contributed by atoms with Gasteiger partial charge in [0.05, 0.1) is 12.4 Å². The Kier molecular flexibility index (Phi) is 6.04. The van der Waals surface area contributed by atoms with Crippen molar-refractivity contribution in [1.29, 1.82) is 0 Å². The highest BCUT2D eigenvalue weighted by molar-refractivity contribution is 7.98. The Balaban J connectivity index is 1.77. The fourth-order valence-electron chi connectivity index (χ4n) is 2.64. The highest BCUT2D eigenvalue weighted by Gasteiger charge is 2.17. The van der Waals surface area contributed by atoms with Crippen molar-refractivity contribution in [2.75, 3.05) is 0 Å². The lowest BCUT2D eigenvalue weighted by atomic mass is 10.2. The molecule has 0 amide bonds. The van der Waals surface area contributed by atoms with Gasteiger partial charge in [-0.3, -0.25) is 4.57 Å². The third-order valence-corrected chi connectivity index (χ3v) is 4.68. The third kappa shape index (κ3) is 4.69. The van der Waals surface area contributed by atoms with Crippen LogP contribution in [-0.2, 0) is 12.3 Å². The first-order chi connectivity index (χ1) is 12.5. The topological polar surface area (TPSA) is 53.1 Å². The Hall–Kier alpha value is -2.21. The molecule has 0 atom stereocenters. The number of thioether (sulfide) groups is 1. The summed E-state index contributed by atoms with van der Waals surface area (Å²) in [6.45, 7) is 9.29. The minimum atomic E-state index is 0.169. The summed E-state index contributed by atoms with van der Waals surface area (Å²) in [6.07, 6.45) is 1.83. The standard InChI is InChI=1S/C20H25N3O2S/c1-14(2)12-23-19(18-9-6-10-24-18)21-22-20(23)26-13-16-7-5-8-17(11-16)25-15(3)4/h5-11,14-15H,12-13H2,1-4H3. The summed E-state index contributed by atoms with van der Waals surface area (Å²) in [6, 6.07) is 12.0. The molecule has 0 aliphatic carbocycles. The van der Waals surface area contributed by atoms with Crippen LogP contribution in [-0.4, -0.2) is 20.9 Å². The van der Waals surface area contributed by atoms with Crippen LogP contribution < -0.4 is 4.74 Å². The molecule has 2 aromatic heterocycles. The largest absolute Gasteiger partial charge is 0.491 e. The van der Waals surface area contributed by atoms with Gasteiger partial charge < -0.3 is 9.15 Å². The molecule has 2 heterocycles. The van der Waals surface area contributed by atoms with E-state index in [0.29, 0.717) is 5.92 Å². The number of hydrogen-bond acceptors (Lipinski definition) is 5. The molecule has 3 aromatic rings. The van der Waals surface area contributed by atoms with E-state index in [0.717, 1.165) is 34.8 Å². The van der Waals surface area contributed by atoms with Crippen molar-refractivity contribution in [3.63, 3.8) is 0 Å². The van der Waals surface area contributed by atoms with E-state index in [1.54, 1.807) is 18.0 Å². The number of hydrogen-bond donors (Lipinski definition) is 0. The van der Waals surface area contributed by atoms with Crippen LogP contribution >= 0.6 is 11.8 Å². The molecule has 0 radical (unpaired) electrons. The normalized spacial score (nSPS) is 11.5. The second-order valence-corrected chi connectivity index (χ2v) is 7.83. The minimum absolute atomic E-state index is 0.169. The molecule has 0 saturated heterocycles. The van der Waals surface area contributed by atoms with Crippen LogP contribution in [0.2, 0.25) is 0 Å². The summed E-state index contributed by atoms with van der Waals surface area (Å²) in [7, 11) is 0. The first kappa shape index (κ1) is 18.6. The monoisotopic (exact) mass is 371 g/mol. The zero-order valence-electron chi connectivity index (χ0n) is 15.7. The molecule has 26 heavy (non-hydrogen) atoms. The molecule has 0 unspecified atom stereocenters. The van der Waals surface area contributed by atoms with Gasteiger partial charge in [0.1, 0.15) is 5.75 Å². The van der Waals surface area contributed by atoms with Crippen LogP contribution in [0.15, 0.2) is 52.2 Å². The van der Waals surface area contributed by atoms with Gasteiger partial charge in [0, 0.05) is 12.3 Å². The molecule has 3 rings (SSSR count). The Morgan fingerprint density at radius 2 is 1.96 bits per heavy atom. The van der Waals surface area contributed by atoms with Crippen LogP contribution in [0.25, 0.3) is 11.6 Å². The number of ether oxygens (including phenoxy) is 1. The summed E-state index contributed by atoms with van der Waals surface area (Å²) in [5.41, 5.74) is 1.20. The van der Waals surface area contributed by atoms with Gasteiger partial charge in [-0.2, -0.15) is 0 Å². The quantitative estimate of drug-likeness (QED) is 0.505. The maximum atomic E-state index is 5.78. The molecule has 0 saturated carbocycles. The van der Waals surface area contributed by atoms with Gasteiger partial charge in [-0.15, -0.1) is 10.2 Å². The second kappa shape index (κ2) is 8.45. The third-order valence-electron chi connectivity index (χ3n) is 3.64. The predicted molar refractivity (Wildman–Crippen MR) is 104 cm³/mol. The Labute approximate surface area is 158 Å². The van der Waals surface area contributed by atoms with Crippen molar-refractivity contribution in [2.24, 2.45) is 5.92 Å². The number of furan rings is 1. The van der Waals surface area contributed by atoms with E-state index < -0.39 is 0 Å². The average molecular weight is 372 g/mol. The van der Waals surface area contributed by atoms with Gasteiger partial charge in [-0.1, -0.05) is 37.7 Å². The van der Waals surface area contributed by atoms with Gasteiger partial charge in [0.25, 0.3) is 0 Å². The lowest BCUT2D eigenvalue weighted by Crippen LogP contribution is -2.07. The molecule has 0 fully saturated rings. The second-order valence-electron chi connectivity index (χ2n) is 6.89. The van der Waals surface area contributed by atoms with Crippen molar-refractivity contribution in [3.8, 4) is 17.3 Å². The van der Waals surface area contributed by atoms with Gasteiger partial charge in [-0.05, 0) is 49.6 Å². The minimum Gasteiger partial charge on any atom is -0.491 e. The molecule has 0 bridgehead atoms. The van der Waals surface area contributed by atoms with Crippen LogP contribution in [0, 0.1) is 5.92 Å². The number of aromatic nitrogens is 3. The summed E-state index contributed by atoms with van der Waals surface area (Å²) in [5.74, 6) is 3.73. The van der Waals surface area contributed by atoms with Crippen LogP contribution in [0.1, 0.15) is 33.3 Å². The molecule has 0 N–H and O–H groups in total. The first-order valence-electron chi connectivity index (χ1n) is 8.88. The lowest BCUT2D eigenvalue weighted by molar-refractivity contribution is 0.242. The zero-order valence-corrected chi connectivity index (χ0v) is 16.5. The molecule has 0 aliphatic heterocycles. The highest BCUT2D eigenvalue weighted by Crippen LogP contribution is 2.28. The molecule has 0 aliphatic rings. The van der Waals surface area contributed by atoms with Crippen LogP contribution in [0.5, 0.6) is 5.75 Å². The van der Waals surface area contributed by atoms with Crippen molar-refractivity contribution >= 4 is 11.8 Å². The number of rotatable bonds is 8. The first-order valence-corrected chi connectivity index (χ1v) is 9.87. The van der Waals surface area contributed by atoms with Crippen molar-refractivity contribution in [3.05, 3.63) is 48.2 Å². The van der Waals surface area contributed by atoms with E-state index in [-0.39, 0.29) is 6.10 Å². The lowest BCUT2D eigenvalue weighted by Gasteiger charge is -2.12. The Bertz CT molecular complexity index is 825. The van der Waals surface area contributed by atoms with E-state index in [9.17, 15) is 0 Å². The molecule has 1 aromatic carbocycles. The van der Waals surface area contributed by atoms with Crippen molar-refractivity contribution < 1.29 is 9.15 Å². The van der Waals surface area contributed by atoms with E-state index in [1.165, 1.54) is 5.56 Å². The molecule has 6 heteroatoms. The fourth-order valence-corrected chi connectivity index (χ4v) is 3.53. The Morgan fingerprint density at radius 1 is 1.12 bits per heavy atom. The van der Waals surface area contributed by atoms with Gasteiger partial charge in [0.2, 0.25) is 0 Å². The summed E-state index contributed by atoms with van der Waals surface area (Å²) in [4.78, 5) is 0. The zero-order chi connectivity index (χ0) is 18.5. The van der Waals surface area contributed by atoms with E-state index in [2.05, 4.69) is 40.7 Å². The molecule has 138 valence electrons. The van der Waals surface area contributed by atoms with Gasteiger partial charge in [0.15, 0.2) is 16.7 Å². The average Bonchev–Trinajstić information content (AvgIpc) is 3.22. The summed E-state index contributed by atoms with van der Waals surface area (Å²) < 4.78 is 13.4. The fraction of sp³-hybridized carbons (Fsp3) is 0.400. The summed E-state index contributed by atoms with van der Waals surface area (Å²) in [5, 5.41) is 9.65. The molecule has 0 spiro atoms. The van der Waals surface area contributed by atoms with E-state index in [4.69, 9.17) is 9.15 Å². The number of benzene rings is 1. The SMILES string of the molecule is CC(C)Cn1c(SCc2cccc(OC(C)C)c2)nnc1-c1ccco1. The molecular weight excluding hydrogens is 346 g/mol.